The van der Waals surface area contributed by atoms with Crippen LogP contribution in [0.3, 0.4) is 0 Å². The fraction of sp³-hybridized carbons (Fsp3) is 0.158. The maximum Gasteiger partial charge on any atom is 0.365 e. The molecule has 0 bridgehead atoms. The molecule has 1 heterocycles. The van der Waals surface area contributed by atoms with Crippen molar-refractivity contribution in [2.24, 2.45) is 0 Å². The van der Waals surface area contributed by atoms with Crippen LogP contribution in [-0.4, -0.2) is 20.7 Å². The normalized spacial score (nSPS) is 11.8. The summed E-state index contributed by atoms with van der Waals surface area (Å²) in [5.74, 6) is -0.343. The van der Waals surface area contributed by atoms with Crippen LogP contribution in [0.25, 0.3) is 11.3 Å². The SMILES string of the molecule is Cc1ccc(NC(=O)C(C)n2ncc(-c3ccc(Cl)cc3)nc2=O)cc1. The van der Waals surface area contributed by atoms with Gasteiger partial charge in [-0.25, -0.2) is 9.48 Å². The highest BCUT2D eigenvalue weighted by Crippen LogP contribution is 2.18. The van der Waals surface area contributed by atoms with Crippen LogP contribution < -0.4 is 11.0 Å². The van der Waals surface area contributed by atoms with Crippen LogP contribution in [0, 0.1) is 6.92 Å². The van der Waals surface area contributed by atoms with Crippen molar-refractivity contribution < 1.29 is 4.79 Å². The minimum atomic E-state index is -0.796. The van der Waals surface area contributed by atoms with Gasteiger partial charge in [0.05, 0.1) is 11.9 Å². The largest absolute Gasteiger partial charge is 0.365 e. The highest BCUT2D eigenvalue weighted by molar-refractivity contribution is 6.30. The number of nitrogens with one attached hydrogen (secondary N) is 1. The number of carbonyl (C=O) groups excluding carboxylic acids is 1. The summed E-state index contributed by atoms with van der Waals surface area (Å²) in [5, 5.41) is 7.46. The Bertz CT molecular complexity index is 982. The Labute approximate surface area is 155 Å². The van der Waals surface area contributed by atoms with Gasteiger partial charge >= 0.3 is 5.69 Å². The number of anilines is 1. The number of rotatable bonds is 4. The van der Waals surface area contributed by atoms with E-state index in [2.05, 4.69) is 15.4 Å². The molecule has 0 aliphatic carbocycles. The molecule has 1 amide bonds. The zero-order valence-electron chi connectivity index (χ0n) is 14.3. The zero-order chi connectivity index (χ0) is 18.7. The molecule has 0 saturated heterocycles. The molecule has 3 rings (SSSR count). The van der Waals surface area contributed by atoms with Crippen LogP contribution >= 0.6 is 11.6 Å². The topological polar surface area (TPSA) is 76.9 Å². The van der Waals surface area contributed by atoms with Gasteiger partial charge in [0.2, 0.25) is 5.91 Å². The molecule has 1 atom stereocenters. The lowest BCUT2D eigenvalue weighted by Gasteiger charge is -2.14. The Kier molecular flexibility index (Phi) is 5.14. The van der Waals surface area contributed by atoms with Crippen LogP contribution in [0.15, 0.2) is 59.5 Å². The highest BCUT2D eigenvalue weighted by atomic mass is 35.5. The summed E-state index contributed by atoms with van der Waals surface area (Å²) in [6, 6.07) is 13.5. The number of carbonyl (C=O) groups is 1. The lowest BCUT2D eigenvalue weighted by molar-refractivity contribution is -0.119. The number of halogens is 1. The third kappa shape index (κ3) is 3.97. The predicted molar refractivity (Wildman–Crippen MR) is 101 cm³/mol. The van der Waals surface area contributed by atoms with Crippen molar-refractivity contribution in [2.45, 2.75) is 19.9 Å². The first kappa shape index (κ1) is 17.8. The fourth-order valence-corrected chi connectivity index (χ4v) is 2.50. The van der Waals surface area contributed by atoms with Crippen molar-refractivity contribution in [1.82, 2.24) is 14.8 Å². The monoisotopic (exact) mass is 368 g/mol. The van der Waals surface area contributed by atoms with Gasteiger partial charge in [-0.3, -0.25) is 4.79 Å². The minimum Gasteiger partial charge on any atom is -0.324 e. The van der Waals surface area contributed by atoms with Gasteiger partial charge in [0, 0.05) is 16.3 Å². The van der Waals surface area contributed by atoms with Gasteiger partial charge in [-0.05, 0) is 38.1 Å². The van der Waals surface area contributed by atoms with E-state index in [4.69, 9.17) is 11.6 Å². The van der Waals surface area contributed by atoms with Gasteiger partial charge in [-0.1, -0.05) is 41.4 Å². The van der Waals surface area contributed by atoms with Crippen LogP contribution in [0.2, 0.25) is 5.02 Å². The molecule has 1 aromatic heterocycles. The van der Waals surface area contributed by atoms with E-state index in [9.17, 15) is 9.59 Å². The van der Waals surface area contributed by atoms with E-state index in [0.29, 0.717) is 16.4 Å². The number of amides is 1. The van der Waals surface area contributed by atoms with Crippen LogP contribution in [-0.2, 0) is 4.79 Å². The van der Waals surface area contributed by atoms with Crippen molar-refractivity contribution >= 4 is 23.2 Å². The van der Waals surface area contributed by atoms with Crippen molar-refractivity contribution in [2.75, 3.05) is 5.32 Å². The van der Waals surface area contributed by atoms with Crippen molar-refractivity contribution in [3.05, 3.63) is 75.8 Å². The van der Waals surface area contributed by atoms with Gasteiger partial charge in [0.25, 0.3) is 0 Å². The van der Waals surface area contributed by atoms with Crippen molar-refractivity contribution in [1.29, 1.82) is 0 Å². The molecule has 7 heteroatoms. The summed E-state index contributed by atoms with van der Waals surface area (Å²) in [6.45, 7) is 3.56. The summed E-state index contributed by atoms with van der Waals surface area (Å²) in [5.41, 5.74) is 2.31. The van der Waals surface area contributed by atoms with Gasteiger partial charge in [-0.15, -0.1) is 0 Å². The van der Waals surface area contributed by atoms with E-state index < -0.39 is 11.7 Å². The zero-order valence-corrected chi connectivity index (χ0v) is 15.1. The van der Waals surface area contributed by atoms with Crippen molar-refractivity contribution in [3.63, 3.8) is 0 Å². The minimum absolute atomic E-state index is 0.343. The molecule has 0 fully saturated rings. The molecule has 0 spiro atoms. The maximum atomic E-state index is 12.4. The lowest BCUT2D eigenvalue weighted by Crippen LogP contribution is -2.34. The molecule has 3 aromatic rings. The highest BCUT2D eigenvalue weighted by Gasteiger charge is 2.18. The quantitative estimate of drug-likeness (QED) is 0.765. The lowest BCUT2D eigenvalue weighted by atomic mass is 10.2. The number of hydrogen-bond acceptors (Lipinski definition) is 4. The summed E-state index contributed by atoms with van der Waals surface area (Å²) < 4.78 is 1.06. The van der Waals surface area contributed by atoms with Crippen molar-refractivity contribution in [3.8, 4) is 11.3 Å². The number of hydrogen-bond donors (Lipinski definition) is 1. The number of benzene rings is 2. The predicted octanol–water partition coefficient (Wildman–Crippen LogP) is 3.47. The maximum absolute atomic E-state index is 12.4. The summed E-state index contributed by atoms with van der Waals surface area (Å²) >= 11 is 5.86. The van der Waals surface area contributed by atoms with E-state index in [1.165, 1.54) is 6.20 Å². The third-order valence-electron chi connectivity index (χ3n) is 3.92. The Balaban J connectivity index is 1.79. The molecule has 0 aliphatic rings. The smallest absolute Gasteiger partial charge is 0.324 e. The summed E-state index contributed by atoms with van der Waals surface area (Å²) in [4.78, 5) is 28.7. The van der Waals surface area contributed by atoms with Gasteiger partial charge in [-0.2, -0.15) is 10.1 Å². The Morgan fingerprint density at radius 2 is 1.77 bits per heavy atom. The molecular weight excluding hydrogens is 352 g/mol. The van der Waals surface area contributed by atoms with E-state index in [1.807, 2.05) is 19.1 Å². The fourth-order valence-electron chi connectivity index (χ4n) is 2.37. The number of aryl methyl sites for hydroxylation is 1. The van der Waals surface area contributed by atoms with Crippen LogP contribution in [0.5, 0.6) is 0 Å². The van der Waals surface area contributed by atoms with Gasteiger partial charge in [0.15, 0.2) is 0 Å². The first-order chi connectivity index (χ1) is 12.4. The van der Waals surface area contributed by atoms with Crippen LogP contribution in [0.4, 0.5) is 5.69 Å². The molecule has 2 aromatic carbocycles. The van der Waals surface area contributed by atoms with Crippen LogP contribution in [0.1, 0.15) is 18.5 Å². The van der Waals surface area contributed by atoms with E-state index in [0.717, 1.165) is 15.8 Å². The van der Waals surface area contributed by atoms with Gasteiger partial charge < -0.3 is 5.32 Å². The average Bonchev–Trinajstić information content (AvgIpc) is 2.63. The summed E-state index contributed by atoms with van der Waals surface area (Å²) in [6.07, 6.45) is 1.46. The van der Waals surface area contributed by atoms with Gasteiger partial charge in [0.1, 0.15) is 6.04 Å². The standard InChI is InChI=1S/C19H17ClN4O2/c1-12-3-9-16(10-4-12)22-18(25)13(2)24-19(26)23-17(11-21-24)14-5-7-15(20)8-6-14/h3-11,13H,1-2H3,(H,22,25). The molecular formula is C19H17ClN4O2. The van der Waals surface area contributed by atoms with E-state index in [-0.39, 0.29) is 5.91 Å². The Morgan fingerprint density at radius 1 is 1.12 bits per heavy atom. The molecule has 0 aliphatic heterocycles. The summed E-state index contributed by atoms with van der Waals surface area (Å²) in [7, 11) is 0. The number of aromatic nitrogens is 3. The Morgan fingerprint density at radius 3 is 2.38 bits per heavy atom. The average molecular weight is 369 g/mol. The van der Waals surface area contributed by atoms with E-state index >= 15 is 0 Å². The second kappa shape index (κ2) is 7.49. The molecule has 0 radical (unpaired) electrons. The molecule has 132 valence electrons. The second-order valence-electron chi connectivity index (χ2n) is 5.91. The number of nitrogens with zero attached hydrogens (tertiary/aromatic N) is 3. The Hall–Kier alpha value is -2.99. The molecule has 6 nitrogen and oxygen atoms in total. The molecule has 26 heavy (non-hydrogen) atoms. The molecule has 1 unspecified atom stereocenters. The first-order valence-electron chi connectivity index (χ1n) is 8.03. The van der Waals surface area contributed by atoms with E-state index in [1.54, 1.807) is 43.3 Å². The first-order valence-corrected chi connectivity index (χ1v) is 8.41. The third-order valence-corrected chi connectivity index (χ3v) is 4.17. The molecule has 1 N–H and O–H groups in total. The molecule has 0 saturated carbocycles. The second-order valence-corrected chi connectivity index (χ2v) is 6.34.